The molecule has 0 heterocycles. The zero-order valence-corrected chi connectivity index (χ0v) is 10.3. The SMILES string of the molecule is Nc1ccc(C(=O)Nc2ccc(C(=O)O)c(O)c2)cc1. The summed E-state index contributed by atoms with van der Waals surface area (Å²) in [6.07, 6.45) is 0. The van der Waals surface area contributed by atoms with Crippen molar-refractivity contribution in [2.24, 2.45) is 0 Å². The molecular formula is C14H12N2O4. The minimum atomic E-state index is -1.24. The lowest BCUT2D eigenvalue weighted by Gasteiger charge is -2.07. The number of benzene rings is 2. The predicted octanol–water partition coefficient (Wildman–Crippen LogP) is 1.92. The summed E-state index contributed by atoms with van der Waals surface area (Å²) in [6.45, 7) is 0. The summed E-state index contributed by atoms with van der Waals surface area (Å²) in [5, 5.41) is 20.9. The highest BCUT2D eigenvalue weighted by molar-refractivity contribution is 6.04. The number of hydrogen-bond acceptors (Lipinski definition) is 4. The Morgan fingerprint density at radius 1 is 1.05 bits per heavy atom. The molecule has 0 spiro atoms. The van der Waals surface area contributed by atoms with E-state index in [4.69, 9.17) is 10.8 Å². The molecule has 0 atom stereocenters. The van der Waals surface area contributed by atoms with Crippen molar-refractivity contribution in [1.29, 1.82) is 0 Å². The average molecular weight is 272 g/mol. The third-order valence-electron chi connectivity index (χ3n) is 2.66. The number of phenols is 1. The molecule has 0 aliphatic heterocycles. The van der Waals surface area contributed by atoms with E-state index >= 15 is 0 Å². The van der Waals surface area contributed by atoms with Gasteiger partial charge in [-0.25, -0.2) is 4.79 Å². The number of nitrogens with one attached hydrogen (secondary N) is 1. The van der Waals surface area contributed by atoms with Crippen LogP contribution in [0, 0.1) is 0 Å². The Morgan fingerprint density at radius 2 is 1.70 bits per heavy atom. The van der Waals surface area contributed by atoms with Crippen LogP contribution in [0.5, 0.6) is 5.75 Å². The van der Waals surface area contributed by atoms with Gasteiger partial charge in [0.15, 0.2) is 0 Å². The number of rotatable bonds is 3. The molecule has 0 fully saturated rings. The number of hydrogen-bond donors (Lipinski definition) is 4. The smallest absolute Gasteiger partial charge is 0.339 e. The number of aromatic hydroxyl groups is 1. The third-order valence-corrected chi connectivity index (χ3v) is 2.66. The van der Waals surface area contributed by atoms with E-state index in [1.54, 1.807) is 24.3 Å². The van der Waals surface area contributed by atoms with Gasteiger partial charge in [0.1, 0.15) is 11.3 Å². The van der Waals surface area contributed by atoms with Crippen LogP contribution in [-0.2, 0) is 0 Å². The molecule has 20 heavy (non-hydrogen) atoms. The number of anilines is 2. The van der Waals surface area contributed by atoms with Crippen molar-refractivity contribution in [1.82, 2.24) is 0 Å². The molecule has 0 radical (unpaired) electrons. The fourth-order valence-electron chi connectivity index (χ4n) is 1.63. The summed E-state index contributed by atoms with van der Waals surface area (Å²) in [5.41, 5.74) is 6.55. The number of carbonyl (C=O) groups is 2. The Morgan fingerprint density at radius 3 is 2.25 bits per heavy atom. The molecular weight excluding hydrogens is 260 g/mol. The lowest BCUT2D eigenvalue weighted by molar-refractivity contribution is 0.0693. The summed E-state index contributed by atoms with van der Waals surface area (Å²) in [7, 11) is 0. The van der Waals surface area contributed by atoms with Gasteiger partial charge in [-0.3, -0.25) is 4.79 Å². The van der Waals surface area contributed by atoms with Crippen molar-refractivity contribution in [3.63, 3.8) is 0 Å². The highest BCUT2D eigenvalue weighted by Gasteiger charge is 2.11. The average Bonchev–Trinajstić information content (AvgIpc) is 2.39. The molecule has 2 aromatic carbocycles. The largest absolute Gasteiger partial charge is 0.507 e. The molecule has 0 aliphatic rings. The Hall–Kier alpha value is -3.02. The standard InChI is InChI=1S/C14H12N2O4/c15-9-3-1-8(2-4-9)13(18)16-10-5-6-11(14(19)20)12(17)7-10/h1-7,17H,15H2,(H,16,18)(H,19,20). The number of carbonyl (C=O) groups excluding carboxylic acids is 1. The van der Waals surface area contributed by atoms with Crippen molar-refractivity contribution in [3.8, 4) is 5.75 Å². The van der Waals surface area contributed by atoms with E-state index in [-0.39, 0.29) is 11.5 Å². The van der Waals surface area contributed by atoms with Crippen molar-refractivity contribution in [3.05, 3.63) is 53.6 Å². The van der Waals surface area contributed by atoms with Gasteiger partial charge in [-0.1, -0.05) is 0 Å². The van der Waals surface area contributed by atoms with Gasteiger partial charge in [0.05, 0.1) is 0 Å². The molecule has 0 unspecified atom stereocenters. The fourth-order valence-corrected chi connectivity index (χ4v) is 1.63. The lowest BCUT2D eigenvalue weighted by Crippen LogP contribution is -2.12. The molecule has 6 nitrogen and oxygen atoms in total. The van der Waals surface area contributed by atoms with E-state index in [0.717, 1.165) is 0 Å². The molecule has 0 saturated heterocycles. The lowest BCUT2D eigenvalue weighted by atomic mass is 10.1. The second kappa shape index (κ2) is 5.31. The fraction of sp³-hybridized carbons (Fsp3) is 0. The molecule has 0 aliphatic carbocycles. The quantitative estimate of drug-likeness (QED) is 0.638. The Balaban J connectivity index is 2.18. The molecule has 0 bridgehead atoms. The van der Waals surface area contributed by atoms with Gasteiger partial charge in [-0.15, -0.1) is 0 Å². The topological polar surface area (TPSA) is 113 Å². The molecule has 0 aromatic heterocycles. The van der Waals surface area contributed by atoms with Crippen LogP contribution >= 0.6 is 0 Å². The van der Waals surface area contributed by atoms with Gasteiger partial charge in [-0.05, 0) is 36.4 Å². The zero-order valence-electron chi connectivity index (χ0n) is 10.3. The molecule has 5 N–H and O–H groups in total. The maximum Gasteiger partial charge on any atom is 0.339 e. The highest BCUT2D eigenvalue weighted by atomic mass is 16.4. The first-order valence-electron chi connectivity index (χ1n) is 5.70. The van der Waals surface area contributed by atoms with Gasteiger partial charge in [-0.2, -0.15) is 0 Å². The molecule has 1 amide bonds. The molecule has 6 heteroatoms. The van der Waals surface area contributed by atoms with Gasteiger partial charge in [0.25, 0.3) is 5.91 Å². The van der Waals surface area contributed by atoms with E-state index in [2.05, 4.69) is 5.32 Å². The highest BCUT2D eigenvalue weighted by Crippen LogP contribution is 2.22. The van der Waals surface area contributed by atoms with Crippen LogP contribution in [0.15, 0.2) is 42.5 Å². The number of carboxylic acid groups (broad SMARTS) is 1. The van der Waals surface area contributed by atoms with Crippen molar-refractivity contribution >= 4 is 23.3 Å². The number of amides is 1. The first-order chi connectivity index (χ1) is 9.47. The van der Waals surface area contributed by atoms with Crippen LogP contribution in [0.2, 0.25) is 0 Å². The summed E-state index contributed by atoms with van der Waals surface area (Å²) in [6, 6.07) is 10.1. The molecule has 2 rings (SSSR count). The van der Waals surface area contributed by atoms with E-state index in [0.29, 0.717) is 16.9 Å². The van der Waals surface area contributed by atoms with Crippen molar-refractivity contribution in [2.75, 3.05) is 11.1 Å². The van der Waals surface area contributed by atoms with Crippen molar-refractivity contribution < 1.29 is 19.8 Å². The maximum absolute atomic E-state index is 11.9. The second-order valence-electron chi connectivity index (χ2n) is 4.11. The molecule has 102 valence electrons. The van der Waals surface area contributed by atoms with Crippen LogP contribution in [0.4, 0.5) is 11.4 Å². The number of aromatic carboxylic acids is 1. The first kappa shape index (κ1) is 13.4. The molecule has 0 saturated carbocycles. The number of nitrogens with two attached hydrogens (primary N) is 1. The summed E-state index contributed by atoms with van der Waals surface area (Å²) < 4.78 is 0. The monoisotopic (exact) mass is 272 g/mol. The minimum Gasteiger partial charge on any atom is -0.507 e. The predicted molar refractivity (Wildman–Crippen MR) is 73.9 cm³/mol. The van der Waals surface area contributed by atoms with E-state index in [9.17, 15) is 14.7 Å². The van der Waals surface area contributed by atoms with E-state index < -0.39 is 11.7 Å². The summed E-state index contributed by atoms with van der Waals surface area (Å²) in [5.74, 6) is -2.03. The third kappa shape index (κ3) is 2.86. The van der Waals surface area contributed by atoms with Gasteiger partial charge >= 0.3 is 5.97 Å². The maximum atomic E-state index is 11.9. The van der Waals surface area contributed by atoms with E-state index in [1.165, 1.54) is 18.2 Å². The number of nitrogen functional groups attached to an aromatic ring is 1. The Kier molecular flexibility index (Phi) is 3.56. The first-order valence-corrected chi connectivity index (χ1v) is 5.70. The van der Waals surface area contributed by atoms with Gasteiger partial charge in [0.2, 0.25) is 0 Å². The van der Waals surface area contributed by atoms with Crippen LogP contribution in [-0.4, -0.2) is 22.1 Å². The van der Waals surface area contributed by atoms with Gasteiger partial charge < -0.3 is 21.3 Å². The van der Waals surface area contributed by atoms with Crippen LogP contribution in [0.25, 0.3) is 0 Å². The zero-order chi connectivity index (χ0) is 14.7. The normalized spacial score (nSPS) is 10.0. The van der Waals surface area contributed by atoms with Crippen LogP contribution in [0.1, 0.15) is 20.7 Å². The van der Waals surface area contributed by atoms with Gasteiger partial charge in [0, 0.05) is 23.0 Å². The molecule has 2 aromatic rings. The second-order valence-corrected chi connectivity index (χ2v) is 4.11. The Bertz CT molecular complexity index is 665. The minimum absolute atomic E-state index is 0.226. The summed E-state index contributed by atoms with van der Waals surface area (Å²) in [4.78, 5) is 22.7. The van der Waals surface area contributed by atoms with Crippen LogP contribution in [0.3, 0.4) is 0 Å². The van der Waals surface area contributed by atoms with Crippen LogP contribution < -0.4 is 11.1 Å². The Labute approximate surface area is 114 Å². The number of carboxylic acids is 1. The van der Waals surface area contributed by atoms with Crippen molar-refractivity contribution in [2.45, 2.75) is 0 Å². The summed E-state index contributed by atoms with van der Waals surface area (Å²) >= 11 is 0. The van der Waals surface area contributed by atoms with E-state index in [1.807, 2.05) is 0 Å².